The lowest BCUT2D eigenvalue weighted by molar-refractivity contribution is -0.146. The predicted molar refractivity (Wildman–Crippen MR) is 141 cm³/mol. The summed E-state index contributed by atoms with van der Waals surface area (Å²) < 4.78 is 5.16. The summed E-state index contributed by atoms with van der Waals surface area (Å²) in [6, 6.07) is 11.5. The van der Waals surface area contributed by atoms with Gasteiger partial charge in [-0.25, -0.2) is 14.8 Å². The number of carbonyl (C=O) groups excluding carboxylic acids is 2. The number of pyridine rings is 2. The number of benzene rings is 1. The molecular weight excluding hydrogens is 476 g/mol. The van der Waals surface area contributed by atoms with Gasteiger partial charge in [-0.1, -0.05) is 12.1 Å². The summed E-state index contributed by atoms with van der Waals surface area (Å²) in [5.41, 5.74) is 1.70. The Morgan fingerprint density at radius 3 is 2.38 bits per heavy atom. The molecule has 0 spiro atoms. The molecule has 2 heterocycles. The minimum Gasteiger partial charge on any atom is -0.481 e. The van der Waals surface area contributed by atoms with E-state index in [9.17, 15) is 19.5 Å². The first-order valence-corrected chi connectivity index (χ1v) is 11.6. The van der Waals surface area contributed by atoms with Gasteiger partial charge in [0.15, 0.2) is 0 Å². The van der Waals surface area contributed by atoms with Crippen LogP contribution >= 0.6 is 0 Å². The van der Waals surface area contributed by atoms with E-state index in [0.717, 1.165) is 5.56 Å². The van der Waals surface area contributed by atoms with Crippen LogP contribution in [-0.4, -0.2) is 46.6 Å². The molecule has 0 unspecified atom stereocenters. The second-order valence-electron chi connectivity index (χ2n) is 8.83. The van der Waals surface area contributed by atoms with Gasteiger partial charge >= 0.3 is 12.0 Å². The largest absolute Gasteiger partial charge is 0.481 e. The predicted octanol–water partition coefficient (Wildman–Crippen LogP) is 4.28. The molecule has 3 rings (SSSR count). The fourth-order valence-corrected chi connectivity index (χ4v) is 3.37. The summed E-state index contributed by atoms with van der Waals surface area (Å²) in [7, 11) is 1.50. The normalized spacial score (nSPS) is 10.8. The van der Waals surface area contributed by atoms with Crippen molar-refractivity contribution in [2.75, 3.05) is 29.6 Å². The summed E-state index contributed by atoms with van der Waals surface area (Å²) in [5, 5.41) is 20.6. The summed E-state index contributed by atoms with van der Waals surface area (Å²) >= 11 is 0. The van der Waals surface area contributed by atoms with Crippen LogP contribution in [0.15, 0.2) is 54.9 Å². The van der Waals surface area contributed by atoms with Gasteiger partial charge < -0.3 is 25.8 Å². The maximum atomic E-state index is 13.2. The van der Waals surface area contributed by atoms with Crippen molar-refractivity contribution in [2.45, 2.75) is 27.2 Å². The van der Waals surface area contributed by atoms with Crippen molar-refractivity contribution in [3.05, 3.63) is 66.0 Å². The van der Waals surface area contributed by atoms with Crippen LogP contribution in [0.4, 0.5) is 27.7 Å². The number of carboxylic acids is 1. The van der Waals surface area contributed by atoms with Gasteiger partial charge in [0, 0.05) is 42.4 Å². The Kier molecular flexibility index (Phi) is 8.62. The summed E-state index contributed by atoms with van der Waals surface area (Å²) in [6.07, 6.45) is 3.27. The molecule has 2 aromatic heterocycles. The second-order valence-corrected chi connectivity index (χ2v) is 8.83. The highest BCUT2D eigenvalue weighted by Gasteiger charge is 2.27. The fraction of sp³-hybridized carbons (Fsp3) is 0.269. The monoisotopic (exact) mass is 506 g/mol. The van der Waals surface area contributed by atoms with E-state index in [4.69, 9.17) is 4.74 Å². The van der Waals surface area contributed by atoms with E-state index < -0.39 is 23.3 Å². The van der Waals surface area contributed by atoms with Crippen LogP contribution in [0.1, 0.15) is 36.7 Å². The first-order chi connectivity index (χ1) is 17.6. The zero-order valence-electron chi connectivity index (χ0n) is 21.1. The molecule has 0 radical (unpaired) electrons. The number of anilines is 4. The highest BCUT2D eigenvalue weighted by Crippen LogP contribution is 2.27. The SMILES string of the molecule is CCNC(=O)Nc1cc(Nc2ccnc(OC)c2)c(C(=O)Nc2ccc(CC(C)(C)C(=O)O)cc2)cn1. The Labute approximate surface area is 214 Å². The summed E-state index contributed by atoms with van der Waals surface area (Å²) in [6.45, 7) is 5.56. The number of rotatable bonds is 10. The number of nitrogens with one attached hydrogen (secondary N) is 4. The number of nitrogens with zero attached hydrogens (tertiary/aromatic N) is 2. The fourth-order valence-electron chi connectivity index (χ4n) is 3.37. The molecule has 0 saturated heterocycles. The Balaban J connectivity index is 1.84. The first-order valence-electron chi connectivity index (χ1n) is 11.6. The van der Waals surface area contributed by atoms with E-state index in [-0.39, 0.29) is 11.4 Å². The van der Waals surface area contributed by atoms with Crippen LogP contribution in [0, 0.1) is 5.41 Å². The number of carbonyl (C=O) groups is 3. The third kappa shape index (κ3) is 7.40. The quantitative estimate of drug-likeness (QED) is 0.273. The number of amides is 3. The maximum absolute atomic E-state index is 13.2. The third-order valence-electron chi connectivity index (χ3n) is 5.39. The minimum absolute atomic E-state index is 0.230. The molecule has 1 aromatic carbocycles. The molecule has 5 N–H and O–H groups in total. The van der Waals surface area contributed by atoms with E-state index in [2.05, 4.69) is 31.2 Å². The molecule has 194 valence electrons. The van der Waals surface area contributed by atoms with Gasteiger partial charge in [-0.15, -0.1) is 0 Å². The van der Waals surface area contributed by atoms with Crippen LogP contribution in [0.3, 0.4) is 0 Å². The molecule has 0 aliphatic heterocycles. The topological polar surface area (TPSA) is 155 Å². The molecule has 3 amide bonds. The molecule has 11 heteroatoms. The molecule has 3 aromatic rings. The van der Waals surface area contributed by atoms with E-state index >= 15 is 0 Å². The van der Waals surface area contributed by atoms with Crippen LogP contribution in [0.5, 0.6) is 5.88 Å². The van der Waals surface area contributed by atoms with E-state index in [1.165, 1.54) is 13.3 Å². The number of hydrogen-bond acceptors (Lipinski definition) is 7. The van der Waals surface area contributed by atoms with Crippen LogP contribution in [0.25, 0.3) is 0 Å². The van der Waals surface area contributed by atoms with Gasteiger partial charge in [0.25, 0.3) is 5.91 Å². The molecule has 0 aliphatic carbocycles. The van der Waals surface area contributed by atoms with Gasteiger partial charge in [0.1, 0.15) is 5.82 Å². The number of methoxy groups -OCH3 is 1. The van der Waals surface area contributed by atoms with Gasteiger partial charge in [0.2, 0.25) is 5.88 Å². The van der Waals surface area contributed by atoms with Crippen molar-refractivity contribution >= 4 is 40.8 Å². The average Bonchev–Trinajstić information content (AvgIpc) is 2.85. The molecule has 0 fully saturated rings. The van der Waals surface area contributed by atoms with Gasteiger partial charge in [0.05, 0.1) is 23.8 Å². The molecule has 0 aliphatic rings. The molecule has 0 saturated carbocycles. The standard InChI is InChI=1S/C26H30N6O5/c1-5-27-25(36)32-21-13-20(30-18-10-11-28-22(12-18)37-4)19(15-29-21)23(33)31-17-8-6-16(7-9-17)14-26(2,3)24(34)35/h6-13,15H,5,14H2,1-4H3,(H,31,33)(H,34,35)(H3,27,28,29,30,32,36). The maximum Gasteiger partial charge on any atom is 0.320 e. The van der Waals surface area contributed by atoms with E-state index in [1.54, 1.807) is 69.4 Å². The smallest absolute Gasteiger partial charge is 0.320 e. The number of ether oxygens (including phenoxy) is 1. The first kappa shape index (κ1) is 26.9. The van der Waals surface area contributed by atoms with Crippen LogP contribution in [0.2, 0.25) is 0 Å². The average molecular weight is 507 g/mol. The van der Waals surface area contributed by atoms with Crippen molar-refractivity contribution < 1.29 is 24.2 Å². The molecule has 37 heavy (non-hydrogen) atoms. The Hall–Kier alpha value is -4.67. The van der Waals surface area contributed by atoms with E-state index in [0.29, 0.717) is 35.9 Å². The Morgan fingerprint density at radius 1 is 1.00 bits per heavy atom. The lowest BCUT2D eigenvalue weighted by atomic mass is 9.86. The van der Waals surface area contributed by atoms with Crippen LogP contribution in [-0.2, 0) is 11.2 Å². The molecule has 11 nitrogen and oxygen atoms in total. The molecule has 0 atom stereocenters. The van der Waals surface area contributed by atoms with Crippen molar-refractivity contribution in [2.24, 2.45) is 5.41 Å². The number of aromatic nitrogens is 2. The van der Waals surface area contributed by atoms with Crippen molar-refractivity contribution in [1.82, 2.24) is 15.3 Å². The van der Waals surface area contributed by atoms with Crippen molar-refractivity contribution in [3.8, 4) is 5.88 Å². The summed E-state index contributed by atoms with van der Waals surface area (Å²) in [4.78, 5) is 44.8. The number of carboxylic acid groups (broad SMARTS) is 1. The van der Waals surface area contributed by atoms with Crippen molar-refractivity contribution in [3.63, 3.8) is 0 Å². The minimum atomic E-state index is -0.906. The van der Waals surface area contributed by atoms with Gasteiger partial charge in [-0.2, -0.15) is 0 Å². The number of aliphatic carboxylic acids is 1. The highest BCUT2D eigenvalue weighted by molar-refractivity contribution is 6.08. The van der Waals surface area contributed by atoms with Gasteiger partial charge in [-0.3, -0.25) is 14.9 Å². The zero-order chi connectivity index (χ0) is 27.0. The summed E-state index contributed by atoms with van der Waals surface area (Å²) in [5.74, 6) is -0.679. The molecule has 0 bridgehead atoms. The second kappa shape index (κ2) is 11.8. The highest BCUT2D eigenvalue weighted by atomic mass is 16.5. The number of urea groups is 1. The Bertz CT molecular complexity index is 1280. The Morgan fingerprint density at radius 2 is 1.73 bits per heavy atom. The lowest BCUT2D eigenvalue weighted by Crippen LogP contribution is -2.28. The third-order valence-corrected chi connectivity index (χ3v) is 5.39. The van der Waals surface area contributed by atoms with E-state index in [1.807, 2.05) is 0 Å². The lowest BCUT2D eigenvalue weighted by Gasteiger charge is -2.19. The zero-order valence-corrected chi connectivity index (χ0v) is 21.1. The molecular formula is C26H30N6O5. The van der Waals surface area contributed by atoms with Crippen molar-refractivity contribution in [1.29, 1.82) is 0 Å². The number of hydrogen-bond donors (Lipinski definition) is 5. The van der Waals surface area contributed by atoms with Crippen LogP contribution < -0.4 is 26.0 Å². The van der Waals surface area contributed by atoms with Gasteiger partial charge in [-0.05, 0) is 51.0 Å².